The van der Waals surface area contributed by atoms with E-state index in [2.05, 4.69) is 15.3 Å². The lowest BCUT2D eigenvalue weighted by molar-refractivity contribution is 0.0529. The maximum atomic E-state index is 10.8. The van der Waals surface area contributed by atoms with Gasteiger partial charge in [0.05, 0.1) is 12.7 Å². The summed E-state index contributed by atoms with van der Waals surface area (Å²) in [6.45, 7) is 2.33. The smallest absolute Gasteiger partial charge is 0.127 e. The number of rotatable bonds is 6. The summed E-state index contributed by atoms with van der Waals surface area (Å²) in [6.07, 6.45) is 4.12. The van der Waals surface area contributed by atoms with Gasteiger partial charge in [-0.25, -0.2) is 9.67 Å². The van der Waals surface area contributed by atoms with Gasteiger partial charge < -0.3 is 10.0 Å². The first-order chi connectivity index (χ1) is 11.9. The molecule has 0 saturated carbocycles. The van der Waals surface area contributed by atoms with Gasteiger partial charge in [-0.05, 0) is 24.1 Å². The van der Waals surface area contributed by atoms with Crippen LogP contribution in [0.4, 0.5) is 5.82 Å². The Morgan fingerprint density at radius 2 is 1.84 bits per heavy atom. The summed E-state index contributed by atoms with van der Waals surface area (Å²) in [4.78, 5) is 6.36. The Labute approximate surface area is 147 Å². The standard InChI is InChI=1S/C19H23N5O/c1-19(25,11-15-7-5-4-6-8-15)17-14-24(22-21-17)13-16-9-10-18(20-12-16)23(2)3/h4-10,12,14,25H,11,13H2,1-3H3. The Hall–Kier alpha value is -2.73. The van der Waals surface area contributed by atoms with E-state index in [1.165, 1.54) is 0 Å². The summed E-state index contributed by atoms with van der Waals surface area (Å²) >= 11 is 0. The largest absolute Gasteiger partial charge is 0.383 e. The van der Waals surface area contributed by atoms with Crippen LogP contribution in [0.3, 0.4) is 0 Å². The molecule has 0 radical (unpaired) electrons. The van der Waals surface area contributed by atoms with Crippen LogP contribution in [0.1, 0.15) is 23.7 Å². The second kappa shape index (κ2) is 7.03. The van der Waals surface area contributed by atoms with E-state index in [-0.39, 0.29) is 0 Å². The zero-order chi connectivity index (χ0) is 17.9. The predicted molar refractivity (Wildman–Crippen MR) is 97.4 cm³/mol. The molecule has 3 aromatic rings. The molecule has 0 aliphatic rings. The molecule has 130 valence electrons. The first-order valence-electron chi connectivity index (χ1n) is 8.23. The normalized spacial score (nSPS) is 13.4. The molecule has 0 amide bonds. The van der Waals surface area contributed by atoms with Gasteiger partial charge in [0.1, 0.15) is 17.1 Å². The molecule has 1 unspecified atom stereocenters. The monoisotopic (exact) mass is 337 g/mol. The second-order valence-electron chi connectivity index (χ2n) is 6.66. The molecule has 0 fully saturated rings. The van der Waals surface area contributed by atoms with Crippen LogP contribution in [0.15, 0.2) is 54.9 Å². The molecule has 1 aromatic carbocycles. The third kappa shape index (κ3) is 4.22. The molecule has 1 atom stereocenters. The van der Waals surface area contributed by atoms with Gasteiger partial charge in [0, 0.05) is 26.7 Å². The Morgan fingerprint density at radius 3 is 2.48 bits per heavy atom. The van der Waals surface area contributed by atoms with Gasteiger partial charge in [0.25, 0.3) is 0 Å². The molecular formula is C19H23N5O. The van der Waals surface area contributed by atoms with Crippen LogP contribution in [0.5, 0.6) is 0 Å². The number of hydrogen-bond acceptors (Lipinski definition) is 5. The SMILES string of the molecule is CN(C)c1ccc(Cn2cc(C(C)(O)Cc3ccccc3)nn2)cn1. The zero-order valence-electron chi connectivity index (χ0n) is 14.8. The molecule has 1 N–H and O–H groups in total. The van der Waals surface area contributed by atoms with Crippen molar-refractivity contribution in [2.45, 2.75) is 25.5 Å². The van der Waals surface area contributed by atoms with Gasteiger partial charge in [-0.3, -0.25) is 0 Å². The highest BCUT2D eigenvalue weighted by Gasteiger charge is 2.27. The molecule has 2 heterocycles. The van der Waals surface area contributed by atoms with Gasteiger partial charge in [0.15, 0.2) is 0 Å². The molecule has 6 nitrogen and oxygen atoms in total. The highest BCUT2D eigenvalue weighted by Crippen LogP contribution is 2.23. The lowest BCUT2D eigenvalue weighted by atomic mass is 9.94. The van der Waals surface area contributed by atoms with Crippen molar-refractivity contribution < 1.29 is 5.11 Å². The Bertz CT molecular complexity index is 809. The van der Waals surface area contributed by atoms with E-state index in [1.807, 2.05) is 67.7 Å². The van der Waals surface area contributed by atoms with Crippen molar-refractivity contribution in [3.8, 4) is 0 Å². The first-order valence-corrected chi connectivity index (χ1v) is 8.23. The van der Waals surface area contributed by atoms with Crippen LogP contribution in [0.25, 0.3) is 0 Å². The fourth-order valence-corrected chi connectivity index (χ4v) is 2.67. The molecular weight excluding hydrogens is 314 g/mol. The zero-order valence-corrected chi connectivity index (χ0v) is 14.8. The van der Waals surface area contributed by atoms with Crippen LogP contribution in [-0.4, -0.2) is 39.2 Å². The summed E-state index contributed by atoms with van der Waals surface area (Å²) < 4.78 is 1.72. The van der Waals surface area contributed by atoms with E-state index in [1.54, 1.807) is 17.8 Å². The lowest BCUT2D eigenvalue weighted by Crippen LogP contribution is -2.24. The predicted octanol–water partition coefficient (Wildman–Crippen LogP) is 2.24. The average Bonchev–Trinajstić information content (AvgIpc) is 3.05. The van der Waals surface area contributed by atoms with Crippen LogP contribution in [-0.2, 0) is 18.6 Å². The molecule has 0 aliphatic heterocycles. The highest BCUT2D eigenvalue weighted by molar-refractivity contribution is 5.37. The molecule has 0 bridgehead atoms. The van der Waals surface area contributed by atoms with Crippen LogP contribution in [0.2, 0.25) is 0 Å². The van der Waals surface area contributed by atoms with E-state index >= 15 is 0 Å². The van der Waals surface area contributed by atoms with E-state index < -0.39 is 5.60 Å². The van der Waals surface area contributed by atoms with Gasteiger partial charge in [0.2, 0.25) is 0 Å². The Morgan fingerprint density at radius 1 is 1.08 bits per heavy atom. The van der Waals surface area contributed by atoms with E-state index in [9.17, 15) is 5.11 Å². The number of pyridine rings is 1. The lowest BCUT2D eigenvalue weighted by Gasteiger charge is -2.20. The first kappa shape index (κ1) is 17.1. The molecule has 25 heavy (non-hydrogen) atoms. The molecule has 6 heteroatoms. The molecule has 3 rings (SSSR count). The number of anilines is 1. The maximum absolute atomic E-state index is 10.8. The number of aliphatic hydroxyl groups is 1. The quantitative estimate of drug-likeness (QED) is 0.747. The van der Waals surface area contributed by atoms with Crippen molar-refractivity contribution in [3.05, 3.63) is 71.7 Å². The fraction of sp³-hybridized carbons (Fsp3) is 0.316. The Balaban J connectivity index is 1.71. The van der Waals surface area contributed by atoms with Crippen molar-refractivity contribution in [2.24, 2.45) is 0 Å². The number of aromatic nitrogens is 4. The number of benzene rings is 1. The fourth-order valence-electron chi connectivity index (χ4n) is 2.67. The topological polar surface area (TPSA) is 67.1 Å². The third-order valence-corrected chi connectivity index (χ3v) is 4.09. The summed E-state index contributed by atoms with van der Waals surface area (Å²) in [5, 5.41) is 19.1. The van der Waals surface area contributed by atoms with E-state index in [0.717, 1.165) is 16.9 Å². The van der Waals surface area contributed by atoms with Gasteiger partial charge >= 0.3 is 0 Å². The van der Waals surface area contributed by atoms with E-state index in [4.69, 9.17) is 0 Å². The maximum Gasteiger partial charge on any atom is 0.127 e. The minimum absolute atomic E-state index is 0.492. The minimum atomic E-state index is -1.06. The van der Waals surface area contributed by atoms with Crippen molar-refractivity contribution in [2.75, 3.05) is 19.0 Å². The minimum Gasteiger partial charge on any atom is -0.383 e. The van der Waals surface area contributed by atoms with E-state index in [0.29, 0.717) is 18.7 Å². The van der Waals surface area contributed by atoms with Gasteiger partial charge in [-0.2, -0.15) is 0 Å². The summed E-state index contributed by atoms with van der Waals surface area (Å²) in [5.74, 6) is 0.911. The number of nitrogens with zero attached hydrogens (tertiary/aromatic N) is 5. The summed E-state index contributed by atoms with van der Waals surface area (Å²) in [6, 6.07) is 13.9. The van der Waals surface area contributed by atoms with Crippen LogP contribution < -0.4 is 4.90 Å². The van der Waals surface area contributed by atoms with Crippen LogP contribution >= 0.6 is 0 Å². The average molecular weight is 337 g/mol. The molecule has 2 aromatic heterocycles. The van der Waals surface area contributed by atoms with Crippen molar-refractivity contribution >= 4 is 5.82 Å². The number of hydrogen-bond donors (Lipinski definition) is 1. The summed E-state index contributed by atoms with van der Waals surface area (Å²) in [7, 11) is 3.92. The molecule has 0 spiro atoms. The second-order valence-corrected chi connectivity index (χ2v) is 6.66. The Kier molecular flexibility index (Phi) is 4.81. The highest BCUT2D eigenvalue weighted by atomic mass is 16.3. The molecule has 0 saturated heterocycles. The van der Waals surface area contributed by atoms with Crippen molar-refractivity contribution in [1.82, 2.24) is 20.0 Å². The van der Waals surface area contributed by atoms with Crippen molar-refractivity contribution in [3.63, 3.8) is 0 Å². The van der Waals surface area contributed by atoms with Crippen LogP contribution in [0, 0.1) is 0 Å². The summed E-state index contributed by atoms with van der Waals surface area (Å²) in [5.41, 5.74) is 1.59. The van der Waals surface area contributed by atoms with Gasteiger partial charge in [-0.15, -0.1) is 5.10 Å². The van der Waals surface area contributed by atoms with Crippen molar-refractivity contribution in [1.29, 1.82) is 0 Å². The van der Waals surface area contributed by atoms with Gasteiger partial charge in [-0.1, -0.05) is 41.6 Å². The third-order valence-electron chi connectivity index (χ3n) is 4.09. The molecule has 0 aliphatic carbocycles.